The fraction of sp³-hybridized carbons (Fsp3) is 0.867. The molecular formula is C15H25N3O. The van der Waals surface area contributed by atoms with Gasteiger partial charge in [-0.2, -0.15) is 5.26 Å². The second kappa shape index (κ2) is 6.27. The average molecular weight is 263 g/mol. The molecular weight excluding hydrogens is 238 g/mol. The molecule has 0 spiro atoms. The molecule has 0 bridgehead atoms. The smallest absolute Gasteiger partial charge is 0.318 e. The van der Waals surface area contributed by atoms with Crippen molar-refractivity contribution < 1.29 is 4.79 Å². The Hall–Kier alpha value is -1.24. The van der Waals surface area contributed by atoms with E-state index in [2.05, 4.69) is 18.3 Å². The lowest BCUT2D eigenvalue weighted by Crippen LogP contribution is -2.54. The number of carbonyl (C=O) groups is 1. The van der Waals surface area contributed by atoms with E-state index < -0.39 is 5.54 Å². The highest BCUT2D eigenvalue weighted by molar-refractivity contribution is 5.75. The predicted octanol–water partition coefficient (Wildman–Crippen LogP) is 3.04. The van der Waals surface area contributed by atoms with Crippen LogP contribution >= 0.6 is 0 Å². The van der Waals surface area contributed by atoms with Crippen molar-refractivity contribution >= 4 is 6.03 Å². The van der Waals surface area contributed by atoms with Gasteiger partial charge in [-0.15, -0.1) is 0 Å². The molecule has 1 heterocycles. The quantitative estimate of drug-likeness (QED) is 0.739. The maximum absolute atomic E-state index is 12.4. The average Bonchev–Trinajstić information content (AvgIpc) is 2.65. The van der Waals surface area contributed by atoms with E-state index >= 15 is 0 Å². The standard InChI is InChI=1S/C15H25N3O/c1-13-7-6-10-18(11-13)14(19)17-15(12-16)8-4-2-3-5-9-15/h13H,2-11H2,1H3,(H,17,19). The molecule has 106 valence electrons. The molecule has 2 amide bonds. The van der Waals surface area contributed by atoms with E-state index in [0.29, 0.717) is 5.92 Å². The largest absolute Gasteiger partial charge is 0.325 e. The summed E-state index contributed by atoms with van der Waals surface area (Å²) < 4.78 is 0. The van der Waals surface area contributed by atoms with Crippen molar-refractivity contribution in [2.75, 3.05) is 13.1 Å². The number of rotatable bonds is 1. The molecule has 1 saturated heterocycles. The topological polar surface area (TPSA) is 56.1 Å². The third-order valence-corrected chi connectivity index (χ3v) is 4.46. The van der Waals surface area contributed by atoms with Gasteiger partial charge in [-0.1, -0.05) is 32.6 Å². The summed E-state index contributed by atoms with van der Waals surface area (Å²) in [5.74, 6) is 0.576. The summed E-state index contributed by atoms with van der Waals surface area (Å²) in [6, 6.07) is 2.35. The number of nitriles is 1. The van der Waals surface area contributed by atoms with Crippen LogP contribution in [0.4, 0.5) is 4.79 Å². The predicted molar refractivity (Wildman–Crippen MR) is 74.5 cm³/mol. The first-order chi connectivity index (χ1) is 9.15. The molecule has 4 heteroatoms. The fourth-order valence-corrected chi connectivity index (χ4v) is 3.25. The molecule has 1 unspecified atom stereocenters. The molecule has 4 nitrogen and oxygen atoms in total. The Labute approximate surface area is 116 Å². The number of carbonyl (C=O) groups excluding carboxylic acids is 1. The molecule has 0 aromatic heterocycles. The van der Waals surface area contributed by atoms with Crippen molar-refractivity contribution in [2.24, 2.45) is 5.92 Å². The Kier molecular flexibility index (Phi) is 4.68. The molecule has 1 saturated carbocycles. The van der Waals surface area contributed by atoms with E-state index in [1.807, 2.05) is 4.90 Å². The first-order valence-corrected chi connectivity index (χ1v) is 7.63. The van der Waals surface area contributed by atoms with Crippen molar-refractivity contribution in [1.29, 1.82) is 5.26 Å². The molecule has 1 aliphatic carbocycles. The van der Waals surface area contributed by atoms with Gasteiger partial charge in [0, 0.05) is 13.1 Å². The second-order valence-corrected chi connectivity index (χ2v) is 6.23. The maximum Gasteiger partial charge on any atom is 0.318 e. The van der Waals surface area contributed by atoms with Crippen LogP contribution in [0, 0.1) is 17.2 Å². The molecule has 19 heavy (non-hydrogen) atoms. The molecule has 0 radical (unpaired) electrons. The van der Waals surface area contributed by atoms with Gasteiger partial charge >= 0.3 is 6.03 Å². The number of hydrogen-bond acceptors (Lipinski definition) is 2. The van der Waals surface area contributed by atoms with E-state index in [-0.39, 0.29) is 6.03 Å². The van der Waals surface area contributed by atoms with E-state index in [1.54, 1.807) is 0 Å². The van der Waals surface area contributed by atoms with Crippen LogP contribution in [0.5, 0.6) is 0 Å². The lowest BCUT2D eigenvalue weighted by molar-refractivity contribution is 0.160. The molecule has 1 atom stereocenters. The summed E-state index contributed by atoms with van der Waals surface area (Å²) in [7, 11) is 0. The number of piperidine rings is 1. The van der Waals surface area contributed by atoms with E-state index in [9.17, 15) is 10.1 Å². The van der Waals surface area contributed by atoms with Crippen LogP contribution in [0.3, 0.4) is 0 Å². The van der Waals surface area contributed by atoms with E-state index in [0.717, 1.165) is 45.2 Å². The number of nitrogens with one attached hydrogen (secondary N) is 1. The highest BCUT2D eigenvalue weighted by Crippen LogP contribution is 2.27. The first kappa shape index (κ1) is 14.2. The highest BCUT2D eigenvalue weighted by atomic mass is 16.2. The summed E-state index contributed by atoms with van der Waals surface area (Å²) in [5, 5.41) is 12.5. The van der Waals surface area contributed by atoms with Gasteiger partial charge in [-0.3, -0.25) is 0 Å². The highest BCUT2D eigenvalue weighted by Gasteiger charge is 2.34. The van der Waals surface area contributed by atoms with Gasteiger partial charge in [0.2, 0.25) is 0 Å². The Balaban J connectivity index is 1.97. The summed E-state index contributed by atoms with van der Waals surface area (Å²) in [4.78, 5) is 14.2. The number of hydrogen-bond donors (Lipinski definition) is 1. The Bertz CT molecular complexity index is 353. The van der Waals surface area contributed by atoms with E-state index in [4.69, 9.17) is 0 Å². The van der Waals surface area contributed by atoms with Crippen molar-refractivity contribution in [3.63, 3.8) is 0 Å². The Morgan fingerprint density at radius 2 is 1.95 bits per heavy atom. The summed E-state index contributed by atoms with van der Waals surface area (Å²) in [6.45, 7) is 3.84. The van der Waals surface area contributed by atoms with Gasteiger partial charge in [0.25, 0.3) is 0 Å². The minimum absolute atomic E-state index is 0.0324. The number of nitrogens with zero attached hydrogens (tertiary/aromatic N) is 2. The first-order valence-electron chi connectivity index (χ1n) is 7.63. The number of urea groups is 1. The Morgan fingerprint density at radius 3 is 2.53 bits per heavy atom. The molecule has 0 aromatic rings. The minimum Gasteiger partial charge on any atom is -0.325 e. The molecule has 1 aliphatic heterocycles. The molecule has 2 fully saturated rings. The van der Waals surface area contributed by atoms with Gasteiger partial charge in [0.1, 0.15) is 5.54 Å². The SMILES string of the molecule is CC1CCCN(C(=O)NC2(C#N)CCCCCC2)C1. The zero-order chi connectivity index (χ0) is 13.7. The van der Waals surface area contributed by atoms with Gasteiger partial charge in [-0.05, 0) is 31.6 Å². The fourth-order valence-electron chi connectivity index (χ4n) is 3.25. The zero-order valence-corrected chi connectivity index (χ0v) is 12.0. The molecule has 2 aliphatic rings. The van der Waals surface area contributed by atoms with Crippen molar-refractivity contribution in [1.82, 2.24) is 10.2 Å². The van der Waals surface area contributed by atoms with Crippen molar-refractivity contribution in [3.8, 4) is 6.07 Å². The lowest BCUT2D eigenvalue weighted by atomic mass is 9.92. The van der Waals surface area contributed by atoms with Crippen molar-refractivity contribution in [2.45, 2.75) is 63.8 Å². The third-order valence-electron chi connectivity index (χ3n) is 4.46. The van der Waals surface area contributed by atoms with Crippen LogP contribution in [0.15, 0.2) is 0 Å². The minimum atomic E-state index is -0.617. The summed E-state index contributed by atoms with van der Waals surface area (Å²) in [6.07, 6.45) is 8.34. The summed E-state index contributed by atoms with van der Waals surface area (Å²) in [5.41, 5.74) is -0.617. The van der Waals surface area contributed by atoms with Crippen LogP contribution in [0.2, 0.25) is 0 Å². The second-order valence-electron chi connectivity index (χ2n) is 6.23. The number of amides is 2. The van der Waals surface area contributed by atoms with Crippen LogP contribution < -0.4 is 5.32 Å². The van der Waals surface area contributed by atoms with Crippen LogP contribution in [0.1, 0.15) is 58.3 Å². The monoisotopic (exact) mass is 263 g/mol. The third kappa shape index (κ3) is 3.62. The molecule has 1 N–H and O–H groups in total. The van der Waals surface area contributed by atoms with Gasteiger partial charge in [0.15, 0.2) is 0 Å². The van der Waals surface area contributed by atoms with Gasteiger partial charge in [0.05, 0.1) is 6.07 Å². The normalized spacial score (nSPS) is 27.2. The summed E-state index contributed by atoms with van der Waals surface area (Å²) >= 11 is 0. The lowest BCUT2D eigenvalue weighted by Gasteiger charge is -2.34. The zero-order valence-electron chi connectivity index (χ0n) is 12.0. The number of likely N-dealkylation sites (tertiary alicyclic amines) is 1. The maximum atomic E-state index is 12.4. The molecule has 0 aromatic carbocycles. The van der Waals surface area contributed by atoms with Gasteiger partial charge in [-0.25, -0.2) is 4.79 Å². The molecule has 2 rings (SSSR count). The van der Waals surface area contributed by atoms with Gasteiger partial charge < -0.3 is 10.2 Å². The van der Waals surface area contributed by atoms with Crippen LogP contribution in [-0.2, 0) is 0 Å². The van der Waals surface area contributed by atoms with Crippen LogP contribution in [0.25, 0.3) is 0 Å². The Morgan fingerprint density at radius 1 is 1.26 bits per heavy atom. The van der Waals surface area contributed by atoms with Crippen molar-refractivity contribution in [3.05, 3.63) is 0 Å². The van der Waals surface area contributed by atoms with Crippen LogP contribution in [-0.4, -0.2) is 29.6 Å². The van der Waals surface area contributed by atoms with E-state index in [1.165, 1.54) is 19.3 Å².